The zero-order valence-electron chi connectivity index (χ0n) is 13.3. The first-order chi connectivity index (χ1) is 11.3. The quantitative estimate of drug-likeness (QED) is 0.844. The van der Waals surface area contributed by atoms with Crippen LogP contribution in [0.2, 0.25) is 0 Å². The van der Waals surface area contributed by atoms with E-state index in [9.17, 15) is 18.4 Å². The third kappa shape index (κ3) is 3.95. The Kier molecular flexibility index (Phi) is 5.28. The summed E-state index contributed by atoms with van der Waals surface area (Å²) in [4.78, 5) is 22.5. The van der Waals surface area contributed by atoms with Crippen molar-refractivity contribution in [2.45, 2.75) is 32.7 Å². The van der Waals surface area contributed by atoms with Crippen LogP contribution in [-0.2, 0) is 9.59 Å². The van der Waals surface area contributed by atoms with E-state index in [4.69, 9.17) is 5.73 Å². The van der Waals surface area contributed by atoms with Crippen LogP contribution >= 0.6 is 0 Å². The lowest BCUT2D eigenvalue weighted by molar-refractivity contribution is -0.125. The number of nitrogens with one attached hydrogen (secondary N) is 1. The summed E-state index contributed by atoms with van der Waals surface area (Å²) in [6.07, 6.45) is 1.48. The SMILES string of the molecule is Cc1c([C@@H](C)NC(=O)CCC(N)=O)cnn1-c1ccc(F)cc1F. The molecule has 3 N–H and O–H groups in total. The predicted octanol–water partition coefficient (Wildman–Crippen LogP) is 1.90. The number of aromatic nitrogens is 2. The number of nitrogens with zero attached hydrogens (tertiary/aromatic N) is 2. The Hall–Kier alpha value is -2.77. The molecule has 1 atom stereocenters. The third-order valence-electron chi connectivity index (χ3n) is 3.63. The summed E-state index contributed by atoms with van der Waals surface area (Å²) >= 11 is 0. The van der Waals surface area contributed by atoms with Gasteiger partial charge in [-0.3, -0.25) is 9.59 Å². The highest BCUT2D eigenvalue weighted by atomic mass is 19.1. The fraction of sp³-hybridized carbons (Fsp3) is 0.312. The molecule has 2 rings (SSSR count). The summed E-state index contributed by atoms with van der Waals surface area (Å²) in [7, 11) is 0. The molecule has 0 aliphatic rings. The minimum absolute atomic E-state index is 0.000547. The molecule has 0 aliphatic heterocycles. The predicted molar refractivity (Wildman–Crippen MR) is 83.2 cm³/mol. The summed E-state index contributed by atoms with van der Waals surface area (Å²) in [5.41, 5.74) is 6.42. The summed E-state index contributed by atoms with van der Waals surface area (Å²) in [6.45, 7) is 3.47. The van der Waals surface area contributed by atoms with Gasteiger partial charge in [0.1, 0.15) is 11.5 Å². The molecule has 2 aromatic rings. The zero-order chi connectivity index (χ0) is 17.9. The van der Waals surface area contributed by atoms with Crippen molar-refractivity contribution in [3.63, 3.8) is 0 Å². The maximum absolute atomic E-state index is 13.9. The Balaban J connectivity index is 2.17. The van der Waals surface area contributed by atoms with Crippen LogP contribution in [-0.4, -0.2) is 21.6 Å². The number of hydrogen-bond donors (Lipinski definition) is 2. The summed E-state index contributed by atoms with van der Waals surface area (Å²) in [5.74, 6) is -2.27. The number of benzene rings is 1. The van der Waals surface area contributed by atoms with Crippen molar-refractivity contribution in [1.29, 1.82) is 0 Å². The van der Waals surface area contributed by atoms with E-state index in [1.54, 1.807) is 13.8 Å². The Morgan fingerprint density at radius 3 is 2.67 bits per heavy atom. The Morgan fingerprint density at radius 1 is 1.33 bits per heavy atom. The van der Waals surface area contributed by atoms with Gasteiger partial charge in [0, 0.05) is 30.2 Å². The number of hydrogen-bond acceptors (Lipinski definition) is 3. The molecule has 1 heterocycles. The second-order valence-electron chi connectivity index (χ2n) is 5.45. The molecule has 0 saturated carbocycles. The highest BCUT2D eigenvalue weighted by Gasteiger charge is 2.18. The lowest BCUT2D eigenvalue weighted by Crippen LogP contribution is -2.28. The zero-order valence-corrected chi connectivity index (χ0v) is 13.3. The molecule has 8 heteroatoms. The number of halogens is 2. The lowest BCUT2D eigenvalue weighted by Gasteiger charge is -2.14. The van der Waals surface area contributed by atoms with E-state index < -0.39 is 17.5 Å². The highest BCUT2D eigenvalue weighted by Crippen LogP contribution is 2.22. The van der Waals surface area contributed by atoms with Gasteiger partial charge in [0.15, 0.2) is 5.82 Å². The van der Waals surface area contributed by atoms with E-state index >= 15 is 0 Å². The van der Waals surface area contributed by atoms with E-state index in [-0.39, 0.29) is 30.5 Å². The van der Waals surface area contributed by atoms with E-state index in [1.165, 1.54) is 16.9 Å². The monoisotopic (exact) mass is 336 g/mol. The van der Waals surface area contributed by atoms with E-state index in [1.807, 2.05) is 0 Å². The van der Waals surface area contributed by atoms with Crippen LogP contribution < -0.4 is 11.1 Å². The molecule has 0 unspecified atom stereocenters. The summed E-state index contributed by atoms with van der Waals surface area (Å²) in [5, 5.41) is 6.83. The molecular formula is C16H18F2N4O2. The van der Waals surface area contributed by atoms with Gasteiger partial charge < -0.3 is 11.1 Å². The number of carbonyl (C=O) groups is 2. The fourth-order valence-electron chi connectivity index (χ4n) is 2.37. The molecule has 0 aliphatic carbocycles. The van der Waals surface area contributed by atoms with Crippen molar-refractivity contribution in [3.8, 4) is 5.69 Å². The summed E-state index contributed by atoms with van der Waals surface area (Å²) in [6, 6.07) is 2.84. The van der Waals surface area contributed by atoms with E-state index in [0.29, 0.717) is 11.3 Å². The van der Waals surface area contributed by atoms with Gasteiger partial charge in [-0.1, -0.05) is 0 Å². The molecule has 128 valence electrons. The van der Waals surface area contributed by atoms with Gasteiger partial charge in [-0.25, -0.2) is 13.5 Å². The number of rotatable bonds is 6. The topological polar surface area (TPSA) is 90.0 Å². The molecule has 0 saturated heterocycles. The normalized spacial score (nSPS) is 12.0. The molecule has 2 amide bonds. The molecule has 0 fully saturated rings. The molecule has 6 nitrogen and oxygen atoms in total. The standard InChI is InChI=1S/C16H18F2N4O2/c1-9(21-16(24)6-5-15(19)23)12-8-20-22(10(12)2)14-4-3-11(17)7-13(14)18/h3-4,7-9H,5-6H2,1-2H3,(H2,19,23)(H,21,24)/t9-/m1/s1. The van der Waals surface area contributed by atoms with Crippen LogP contribution in [0.1, 0.15) is 37.1 Å². The van der Waals surface area contributed by atoms with Gasteiger partial charge in [-0.15, -0.1) is 0 Å². The van der Waals surface area contributed by atoms with Crippen LogP contribution in [0.25, 0.3) is 5.69 Å². The maximum atomic E-state index is 13.9. The molecular weight excluding hydrogens is 318 g/mol. The molecule has 0 radical (unpaired) electrons. The van der Waals surface area contributed by atoms with Crippen LogP contribution in [0, 0.1) is 18.6 Å². The number of carbonyl (C=O) groups excluding carboxylic acids is 2. The number of primary amides is 1. The van der Waals surface area contributed by atoms with Crippen molar-refractivity contribution in [2.75, 3.05) is 0 Å². The largest absolute Gasteiger partial charge is 0.370 e. The van der Waals surface area contributed by atoms with Crippen molar-refractivity contribution in [3.05, 3.63) is 47.3 Å². The van der Waals surface area contributed by atoms with Gasteiger partial charge >= 0.3 is 0 Å². The van der Waals surface area contributed by atoms with Gasteiger partial charge in [0.2, 0.25) is 11.8 Å². The highest BCUT2D eigenvalue weighted by molar-refractivity contribution is 5.83. The Morgan fingerprint density at radius 2 is 2.04 bits per heavy atom. The van der Waals surface area contributed by atoms with E-state index in [2.05, 4.69) is 10.4 Å². The average molecular weight is 336 g/mol. The first-order valence-electron chi connectivity index (χ1n) is 7.37. The molecule has 24 heavy (non-hydrogen) atoms. The molecule has 0 bridgehead atoms. The van der Waals surface area contributed by atoms with Gasteiger partial charge in [0.25, 0.3) is 0 Å². The van der Waals surface area contributed by atoms with Crippen molar-refractivity contribution >= 4 is 11.8 Å². The van der Waals surface area contributed by atoms with Crippen molar-refractivity contribution < 1.29 is 18.4 Å². The lowest BCUT2D eigenvalue weighted by atomic mass is 10.1. The Labute approximate surface area is 137 Å². The van der Waals surface area contributed by atoms with Crippen molar-refractivity contribution in [2.24, 2.45) is 5.73 Å². The second-order valence-corrected chi connectivity index (χ2v) is 5.45. The van der Waals surface area contributed by atoms with Gasteiger partial charge in [-0.2, -0.15) is 5.10 Å². The third-order valence-corrected chi connectivity index (χ3v) is 3.63. The maximum Gasteiger partial charge on any atom is 0.220 e. The van der Waals surface area contributed by atoms with Gasteiger partial charge in [0.05, 0.1) is 12.2 Å². The molecule has 1 aromatic carbocycles. The molecule has 0 spiro atoms. The first kappa shape index (κ1) is 17.6. The molecule has 1 aromatic heterocycles. The first-order valence-corrected chi connectivity index (χ1v) is 7.37. The van der Waals surface area contributed by atoms with Crippen LogP contribution in [0.3, 0.4) is 0 Å². The number of nitrogens with two attached hydrogens (primary N) is 1. The number of amides is 2. The fourth-order valence-corrected chi connectivity index (χ4v) is 2.37. The Bertz CT molecular complexity index is 773. The van der Waals surface area contributed by atoms with Crippen LogP contribution in [0.5, 0.6) is 0 Å². The smallest absolute Gasteiger partial charge is 0.220 e. The van der Waals surface area contributed by atoms with Crippen LogP contribution in [0.15, 0.2) is 24.4 Å². The summed E-state index contributed by atoms with van der Waals surface area (Å²) < 4.78 is 28.3. The van der Waals surface area contributed by atoms with E-state index in [0.717, 1.165) is 12.1 Å². The van der Waals surface area contributed by atoms with Crippen LogP contribution in [0.4, 0.5) is 8.78 Å². The van der Waals surface area contributed by atoms with Crippen molar-refractivity contribution in [1.82, 2.24) is 15.1 Å². The minimum Gasteiger partial charge on any atom is -0.370 e. The second kappa shape index (κ2) is 7.20. The van der Waals surface area contributed by atoms with Gasteiger partial charge in [-0.05, 0) is 26.0 Å². The average Bonchev–Trinajstić information content (AvgIpc) is 2.87. The minimum atomic E-state index is -0.731.